The van der Waals surface area contributed by atoms with Gasteiger partial charge in [-0.25, -0.2) is 4.98 Å². The smallest absolute Gasteiger partial charge is 0.265 e. The van der Waals surface area contributed by atoms with Crippen LogP contribution in [0.2, 0.25) is 0 Å². The summed E-state index contributed by atoms with van der Waals surface area (Å²) in [4.78, 5) is 16.8. The standard InChI is InChI=1S/C26H25N3O3/c1-19(32-24-12-8-21(9-13-24)20-6-4-3-5-7-20)26(30)28-22-10-14-23(15-11-22)31-18-25-27-16-17-29(25)2/h3-17,19H,18H2,1-2H3,(H,28,30). The number of nitrogens with one attached hydrogen (secondary N) is 1. The quantitative estimate of drug-likeness (QED) is 0.426. The summed E-state index contributed by atoms with van der Waals surface area (Å²) < 4.78 is 13.5. The van der Waals surface area contributed by atoms with Crippen LogP contribution in [0.5, 0.6) is 11.5 Å². The van der Waals surface area contributed by atoms with E-state index in [9.17, 15) is 4.79 Å². The van der Waals surface area contributed by atoms with Crippen LogP contribution < -0.4 is 14.8 Å². The van der Waals surface area contributed by atoms with Crippen LogP contribution in [0.15, 0.2) is 91.3 Å². The second-order valence-electron chi connectivity index (χ2n) is 7.41. The summed E-state index contributed by atoms with van der Waals surface area (Å²) in [5, 5.41) is 2.87. The molecular weight excluding hydrogens is 402 g/mol. The fourth-order valence-corrected chi connectivity index (χ4v) is 3.18. The number of aromatic nitrogens is 2. The molecule has 0 aliphatic heterocycles. The van der Waals surface area contributed by atoms with E-state index in [4.69, 9.17) is 9.47 Å². The number of carbonyl (C=O) groups excluding carboxylic acids is 1. The lowest BCUT2D eigenvalue weighted by atomic mass is 10.1. The number of hydrogen-bond acceptors (Lipinski definition) is 4. The van der Waals surface area contributed by atoms with Gasteiger partial charge in [0.15, 0.2) is 6.10 Å². The van der Waals surface area contributed by atoms with Crippen LogP contribution >= 0.6 is 0 Å². The topological polar surface area (TPSA) is 65.4 Å². The molecule has 1 amide bonds. The van der Waals surface area contributed by atoms with E-state index in [1.54, 1.807) is 25.3 Å². The molecule has 0 radical (unpaired) electrons. The number of benzene rings is 3. The Kier molecular flexibility index (Phi) is 6.51. The minimum absolute atomic E-state index is 0.223. The van der Waals surface area contributed by atoms with Gasteiger partial charge in [-0.3, -0.25) is 4.79 Å². The first kappa shape index (κ1) is 21.2. The van der Waals surface area contributed by atoms with Gasteiger partial charge in [0.25, 0.3) is 5.91 Å². The van der Waals surface area contributed by atoms with Gasteiger partial charge >= 0.3 is 0 Å². The molecule has 1 unspecified atom stereocenters. The summed E-state index contributed by atoms with van der Waals surface area (Å²) in [6.07, 6.45) is 2.97. The third-order valence-electron chi connectivity index (χ3n) is 5.05. The summed E-state index contributed by atoms with van der Waals surface area (Å²) >= 11 is 0. The van der Waals surface area contributed by atoms with Gasteiger partial charge in [0.1, 0.15) is 23.9 Å². The molecule has 0 aliphatic carbocycles. The van der Waals surface area contributed by atoms with E-state index in [1.807, 2.05) is 72.4 Å². The number of rotatable bonds is 8. The van der Waals surface area contributed by atoms with Gasteiger partial charge in [0.2, 0.25) is 0 Å². The molecule has 1 heterocycles. The number of nitrogens with zero attached hydrogens (tertiary/aromatic N) is 2. The van der Waals surface area contributed by atoms with Gasteiger partial charge in [0, 0.05) is 25.1 Å². The molecule has 4 aromatic rings. The van der Waals surface area contributed by atoms with Gasteiger partial charge in [-0.1, -0.05) is 42.5 Å². The van der Waals surface area contributed by atoms with Gasteiger partial charge < -0.3 is 19.4 Å². The van der Waals surface area contributed by atoms with E-state index >= 15 is 0 Å². The van der Waals surface area contributed by atoms with E-state index in [-0.39, 0.29) is 5.91 Å². The molecule has 0 spiro atoms. The van der Waals surface area contributed by atoms with Crippen molar-refractivity contribution in [2.24, 2.45) is 7.05 Å². The molecule has 0 aliphatic rings. The maximum atomic E-state index is 12.5. The third-order valence-corrected chi connectivity index (χ3v) is 5.05. The Bertz CT molecular complexity index is 1150. The number of anilines is 1. The zero-order valence-electron chi connectivity index (χ0n) is 18.1. The predicted molar refractivity (Wildman–Crippen MR) is 125 cm³/mol. The minimum atomic E-state index is -0.642. The molecule has 4 rings (SSSR count). The van der Waals surface area contributed by atoms with E-state index in [2.05, 4.69) is 22.4 Å². The fourth-order valence-electron chi connectivity index (χ4n) is 3.18. The van der Waals surface area contributed by atoms with Crippen LogP contribution in [-0.4, -0.2) is 21.6 Å². The van der Waals surface area contributed by atoms with E-state index in [0.29, 0.717) is 23.8 Å². The van der Waals surface area contributed by atoms with Crippen molar-refractivity contribution in [3.05, 3.63) is 97.1 Å². The number of ether oxygens (including phenoxy) is 2. The van der Waals surface area contributed by atoms with Crippen LogP contribution in [0.3, 0.4) is 0 Å². The highest BCUT2D eigenvalue weighted by Crippen LogP contribution is 2.23. The van der Waals surface area contributed by atoms with Crippen LogP contribution in [-0.2, 0) is 18.4 Å². The second-order valence-corrected chi connectivity index (χ2v) is 7.41. The molecule has 6 heteroatoms. The van der Waals surface area contributed by atoms with Gasteiger partial charge in [-0.2, -0.15) is 0 Å². The summed E-state index contributed by atoms with van der Waals surface area (Å²) in [5.41, 5.74) is 2.91. The Labute approximate surface area is 187 Å². The third kappa shape index (κ3) is 5.35. The Balaban J connectivity index is 1.29. The van der Waals surface area contributed by atoms with Crippen LogP contribution in [0.1, 0.15) is 12.7 Å². The highest BCUT2D eigenvalue weighted by molar-refractivity contribution is 5.94. The zero-order chi connectivity index (χ0) is 22.3. The van der Waals surface area contributed by atoms with Crippen molar-refractivity contribution < 1.29 is 14.3 Å². The number of carbonyl (C=O) groups is 1. The lowest BCUT2D eigenvalue weighted by molar-refractivity contribution is -0.122. The van der Waals surface area contributed by atoms with Crippen molar-refractivity contribution in [1.82, 2.24) is 9.55 Å². The lowest BCUT2D eigenvalue weighted by Gasteiger charge is -2.15. The monoisotopic (exact) mass is 427 g/mol. The van der Waals surface area contributed by atoms with Crippen LogP contribution in [0, 0.1) is 0 Å². The molecule has 0 fully saturated rings. The highest BCUT2D eigenvalue weighted by atomic mass is 16.5. The Morgan fingerprint density at radius 1 is 0.938 bits per heavy atom. The largest absolute Gasteiger partial charge is 0.486 e. The molecular formula is C26H25N3O3. The lowest BCUT2D eigenvalue weighted by Crippen LogP contribution is -2.30. The minimum Gasteiger partial charge on any atom is -0.486 e. The van der Waals surface area contributed by atoms with Gasteiger partial charge in [0.05, 0.1) is 0 Å². The summed E-state index contributed by atoms with van der Waals surface area (Å²) in [5.74, 6) is 1.96. The Morgan fingerprint density at radius 2 is 1.59 bits per heavy atom. The summed E-state index contributed by atoms with van der Waals surface area (Å²) in [6, 6.07) is 25.1. The average Bonchev–Trinajstić information content (AvgIpc) is 3.24. The molecule has 0 bridgehead atoms. The van der Waals surface area contributed by atoms with Crippen LogP contribution in [0.25, 0.3) is 11.1 Å². The summed E-state index contributed by atoms with van der Waals surface area (Å²) in [7, 11) is 1.92. The first-order valence-electron chi connectivity index (χ1n) is 10.4. The fraction of sp³-hybridized carbons (Fsp3) is 0.154. The number of amides is 1. The number of aryl methyl sites for hydroxylation is 1. The first-order valence-corrected chi connectivity index (χ1v) is 10.4. The second kappa shape index (κ2) is 9.83. The van der Waals surface area contributed by atoms with Crippen molar-refractivity contribution in [2.75, 3.05) is 5.32 Å². The molecule has 6 nitrogen and oxygen atoms in total. The van der Waals surface area contributed by atoms with Crippen molar-refractivity contribution in [1.29, 1.82) is 0 Å². The molecule has 0 saturated heterocycles. The van der Waals surface area contributed by atoms with Crippen molar-refractivity contribution >= 4 is 11.6 Å². The number of hydrogen-bond donors (Lipinski definition) is 1. The van der Waals surface area contributed by atoms with Gasteiger partial charge in [-0.15, -0.1) is 0 Å². The van der Waals surface area contributed by atoms with Crippen molar-refractivity contribution in [2.45, 2.75) is 19.6 Å². The Hall–Kier alpha value is -4.06. The highest BCUT2D eigenvalue weighted by Gasteiger charge is 2.15. The van der Waals surface area contributed by atoms with Crippen LogP contribution in [0.4, 0.5) is 5.69 Å². The van der Waals surface area contributed by atoms with E-state index < -0.39 is 6.10 Å². The zero-order valence-corrected chi connectivity index (χ0v) is 18.1. The molecule has 162 valence electrons. The molecule has 1 aromatic heterocycles. The van der Waals surface area contributed by atoms with Crippen molar-refractivity contribution in [3.8, 4) is 22.6 Å². The predicted octanol–water partition coefficient (Wildman–Crippen LogP) is 5.07. The maximum absolute atomic E-state index is 12.5. The normalized spacial score (nSPS) is 11.6. The number of imidazole rings is 1. The van der Waals surface area contributed by atoms with Gasteiger partial charge in [-0.05, 0) is 54.4 Å². The molecule has 32 heavy (non-hydrogen) atoms. The van der Waals surface area contributed by atoms with E-state index in [1.165, 1.54) is 0 Å². The summed E-state index contributed by atoms with van der Waals surface area (Å²) in [6.45, 7) is 2.11. The average molecular weight is 428 g/mol. The molecule has 0 saturated carbocycles. The van der Waals surface area contributed by atoms with Crippen molar-refractivity contribution in [3.63, 3.8) is 0 Å². The molecule has 1 N–H and O–H groups in total. The molecule has 3 aromatic carbocycles. The molecule has 1 atom stereocenters. The first-order chi connectivity index (χ1) is 15.6. The SMILES string of the molecule is CC(Oc1ccc(-c2ccccc2)cc1)C(=O)Nc1ccc(OCc2nccn2C)cc1. The maximum Gasteiger partial charge on any atom is 0.265 e. The Morgan fingerprint density at radius 3 is 2.25 bits per heavy atom. The van der Waals surface area contributed by atoms with E-state index in [0.717, 1.165) is 17.0 Å².